The van der Waals surface area contributed by atoms with Crippen LogP contribution in [0.4, 0.5) is 0 Å². The number of aliphatic hydroxyl groups is 2. The van der Waals surface area contributed by atoms with Crippen LogP contribution < -0.4 is 5.43 Å². The zero-order valence-electron chi connectivity index (χ0n) is 23.5. The minimum atomic E-state index is -3.26. The number of carbonyl (C=O) groups is 1. The van der Waals surface area contributed by atoms with Crippen molar-refractivity contribution >= 4 is 25.9 Å². The summed E-state index contributed by atoms with van der Waals surface area (Å²) in [7, 11) is -3.26. The van der Waals surface area contributed by atoms with E-state index in [4.69, 9.17) is 0 Å². The second-order valence-corrected chi connectivity index (χ2v) is 16.6. The molecule has 4 rings (SSSR count). The summed E-state index contributed by atoms with van der Waals surface area (Å²) in [4.78, 5) is 13.0. The zero-order valence-corrected chi connectivity index (χ0v) is 25.2. The van der Waals surface area contributed by atoms with Crippen molar-refractivity contribution in [3.8, 4) is 0 Å². The number of aliphatic hydroxyl groups excluding tert-OH is 2. The highest BCUT2D eigenvalue weighted by Gasteiger charge is 2.62. The summed E-state index contributed by atoms with van der Waals surface area (Å²) in [5.74, 6) is 2.65. The number of nitrogens with zero attached hydrogens (tertiary/aromatic N) is 1. The Morgan fingerprint density at radius 1 is 1.16 bits per heavy atom. The van der Waals surface area contributed by atoms with E-state index < -0.39 is 8.77 Å². The largest absolute Gasteiger partial charge is 0.393 e. The summed E-state index contributed by atoms with van der Waals surface area (Å²) in [5, 5.41) is 23.3. The van der Waals surface area contributed by atoms with Crippen molar-refractivity contribution in [3.05, 3.63) is 12.7 Å². The lowest BCUT2D eigenvalue weighted by Gasteiger charge is -2.62. The van der Waals surface area contributed by atoms with E-state index in [0.717, 1.165) is 51.4 Å². The monoisotopic (exact) mass is 570 g/mol. The van der Waals surface area contributed by atoms with Gasteiger partial charge in [0.05, 0.1) is 24.5 Å². The molecule has 4 N–H and O–H groups in total. The molecule has 11 atom stereocenters. The highest BCUT2D eigenvalue weighted by Crippen LogP contribution is 2.68. The lowest BCUT2D eigenvalue weighted by Crippen LogP contribution is -2.58. The van der Waals surface area contributed by atoms with Gasteiger partial charge in [-0.05, 0) is 104 Å². The molecule has 0 radical (unpaired) electrons. The van der Waals surface area contributed by atoms with Gasteiger partial charge in [-0.3, -0.25) is 9.80 Å². The first-order valence-electron chi connectivity index (χ1n) is 14.8. The molecule has 218 valence electrons. The second-order valence-electron chi connectivity index (χ2n) is 13.5. The highest BCUT2D eigenvalue weighted by molar-refractivity contribution is 8.29. The van der Waals surface area contributed by atoms with Crippen molar-refractivity contribution in [1.82, 2.24) is 10.4 Å². The van der Waals surface area contributed by atoms with Crippen LogP contribution in [0, 0.1) is 46.3 Å². The molecule has 4 aliphatic carbocycles. The number of carbonyl (C=O) groups excluding carboxylic acids is 1. The van der Waals surface area contributed by atoms with E-state index in [-0.39, 0.29) is 41.2 Å². The van der Waals surface area contributed by atoms with E-state index >= 15 is 0 Å². The van der Waals surface area contributed by atoms with Gasteiger partial charge in [-0.1, -0.05) is 26.8 Å². The van der Waals surface area contributed by atoms with Gasteiger partial charge in [0.15, 0.2) is 0 Å². The molecule has 4 unspecified atom stereocenters. The third kappa shape index (κ3) is 6.03. The van der Waals surface area contributed by atoms with Crippen LogP contribution in [-0.4, -0.2) is 60.9 Å². The maximum absolute atomic E-state index is 13.0. The fourth-order valence-corrected chi connectivity index (χ4v) is 10.2. The van der Waals surface area contributed by atoms with Crippen LogP contribution in [0.15, 0.2) is 12.7 Å². The Morgan fingerprint density at radius 3 is 2.53 bits per heavy atom. The third-order valence-corrected chi connectivity index (χ3v) is 12.7. The van der Waals surface area contributed by atoms with Crippen molar-refractivity contribution in [2.45, 2.75) is 97.2 Å². The lowest BCUT2D eigenvalue weighted by molar-refractivity contribution is -0.174. The average molecular weight is 571 g/mol. The number of hydrogen-bond donors (Lipinski definition) is 4. The van der Waals surface area contributed by atoms with Gasteiger partial charge in [-0.25, -0.2) is 9.63 Å². The average Bonchev–Trinajstić information content (AvgIpc) is 3.19. The summed E-state index contributed by atoms with van der Waals surface area (Å²) in [6, 6.07) is 0. The molecule has 4 aliphatic rings. The first-order valence-corrected chi connectivity index (χ1v) is 17.4. The molecule has 0 spiro atoms. The Morgan fingerprint density at radius 2 is 1.84 bits per heavy atom. The van der Waals surface area contributed by atoms with Crippen LogP contribution in [0.1, 0.15) is 85.0 Å². The smallest absolute Gasteiger partial charge is 0.236 e. The number of fused-ring (bicyclic) bond motifs is 5. The Bertz CT molecular complexity index is 976. The number of hydrogen-bond acceptors (Lipinski definition) is 6. The van der Waals surface area contributed by atoms with Crippen molar-refractivity contribution < 1.29 is 23.8 Å². The number of amides is 1. The van der Waals surface area contributed by atoms with Crippen LogP contribution in [0.3, 0.4) is 0 Å². The topological polar surface area (TPSA) is 110 Å². The molecule has 38 heavy (non-hydrogen) atoms. The van der Waals surface area contributed by atoms with Crippen molar-refractivity contribution in [2.75, 3.05) is 18.8 Å². The maximum atomic E-state index is 13.0. The molecule has 0 saturated heterocycles. The fourth-order valence-electron chi connectivity index (χ4n) is 9.56. The number of nitrogens with one attached hydrogen (secondary N) is 1. The first-order chi connectivity index (χ1) is 17.8. The Hall–Kier alpha value is -0.580. The van der Waals surface area contributed by atoms with Gasteiger partial charge >= 0.3 is 0 Å². The lowest BCUT2D eigenvalue weighted by atomic mass is 9.43. The zero-order chi connectivity index (χ0) is 27.9. The second kappa shape index (κ2) is 11.7. The van der Waals surface area contributed by atoms with Crippen molar-refractivity contribution in [3.63, 3.8) is 0 Å². The van der Waals surface area contributed by atoms with E-state index in [9.17, 15) is 23.8 Å². The molecule has 7 nitrogen and oxygen atoms in total. The highest BCUT2D eigenvalue weighted by atomic mass is 32.8. The number of hydrazine groups is 1. The summed E-state index contributed by atoms with van der Waals surface area (Å²) in [5.41, 5.74) is 3.37. The SMILES string of the molecule is C=CCN(NCCS(=O)(O)=S)C(=O)CC[C@@H](C)[C@H]1CCC2C3C(CC[C@@]21C)[C@@]1(C)CC[C@@H](O)C[C@H]1C[C@@H]3O. The van der Waals surface area contributed by atoms with Crippen LogP contribution in [0.5, 0.6) is 0 Å². The van der Waals surface area contributed by atoms with Gasteiger partial charge in [0, 0.05) is 24.2 Å². The molecule has 0 aromatic carbocycles. The van der Waals surface area contributed by atoms with Gasteiger partial charge in [-0.15, -0.1) is 6.58 Å². The molecular weight excluding hydrogens is 520 g/mol. The molecule has 0 bridgehead atoms. The molecule has 9 heteroatoms. The molecule has 0 aromatic heterocycles. The van der Waals surface area contributed by atoms with E-state index in [1.54, 1.807) is 6.08 Å². The summed E-state index contributed by atoms with van der Waals surface area (Å²) < 4.78 is 20.7. The molecule has 0 aliphatic heterocycles. The van der Waals surface area contributed by atoms with Crippen LogP contribution >= 0.6 is 0 Å². The first kappa shape index (κ1) is 30.4. The standard InChI is InChI=1S/C29H50N2O5S2/c1-5-15-31(30-14-16-38(35,36)37)26(34)9-6-19(2)22-7-8-23-27-24(11-13-29(22,23)4)28(3)12-10-21(32)17-20(28)18-25(27)33/h5,19-25,27,30,32-33H,1,6-18H2,2-4H3,(H,35,36,37)/t19-,20+,21-,22-,23?,24?,25+,27?,28+,29-/m1/s1. The predicted molar refractivity (Wildman–Crippen MR) is 154 cm³/mol. The summed E-state index contributed by atoms with van der Waals surface area (Å²) in [6.07, 6.45) is 10.7. The normalized spacial score (nSPS) is 42.7. The Balaban J connectivity index is 1.38. The van der Waals surface area contributed by atoms with Crippen molar-refractivity contribution in [1.29, 1.82) is 0 Å². The molecule has 0 aromatic rings. The van der Waals surface area contributed by atoms with Gasteiger partial charge in [0.1, 0.15) is 8.77 Å². The van der Waals surface area contributed by atoms with Crippen LogP contribution in [-0.2, 0) is 24.8 Å². The summed E-state index contributed by atoms with van der Waals surface area (Å²) >= 11 is 4.55. The summed E-state index contributed by atoms with van der Waals surface area (Å²) in [6.45, 7) is 11.4. The fraction of sp³-hybridized carbons (Fsp3) is 0.897. The van der Waals surface area contributed by atoms with Gasteiger partial charge < -0.3 is 14.8 Å². The van der Waals surface area contributed by atoms with Gasteiger partial charge in [-0.2, -0.15) is 0 Å². The third-order valence-electron chi connectivity index (χ3n) is 11.5. The van der Waals surface area contributed by atoms with Gasteiger partial charge in [0.2, 0.25) is 5.91 Å². The Labute approximate surface area is 234 Å². The van der Waals surface area contributed by atoms with Crippen molar-refractivity contribution in [2.24, 2.45) is 46.3 Å². The Kier molecular flexibility index (Phi) is 9.38. The van der Waals surface area contributed by atoms with E-state index in [1.165, 1.54) is 11.4 Å². The molecular formula is C29H50N2O5S2. The maximum Gasteiger partial charge on any atom is 0.236 e. The van der Waals surface area contributed by atoms with E-state index in [1.807, 2.05) is 0 Å². The predicted octanol–water partition coefficient (Wildman–Crippen LogP) is 4.13. The van der Waals surface area contributed by atoms with Crippen LogP contribution in [0.25, 0.3) is 0 Å². The molecule has 4 saturated carbocycles. The molecule has 0 heterocycles. The molecule has 4 fully saturated rings. The minimum absolute atomic E-state index is 0.0323. The van der Waals surface area contributed by atoms with Crippen LogP contribution in [0.2, 0.25) is 0 Å². The van der Waals surface area contributed by atoms with E-state index in [2.05, 4.69) is 44.0 Å². The van der Waals surface area contributed by atoms with Gasteiger partial charge in [0.25, 0.3) is 0 Å². The molecule has 1 amide bonds. The minimum Gasteiger partial charge on any atom is -0.393 e. The van der Waals surface area contributed by atoms with E-state index in [0.29, 0.717) is 48.5 Å². The number of rotatable bonds is 10. The quantitative estimate of drug-likeness (QED) is 0.231.